The molecule has 5 rings (SSSR count). The molecule has 0 radical (unpaired) electrons. The van der Waals surface area contributed by atoms with Crippen molar-refractivity contribution in [3.63, 3.8) is 0 Å². The van der Waals surface area contributed by atoms with Gasteiger partial charge in [-0.15, -0.1) is 0 Å². The monoisotopic (exact) mass is 514 g/mol. The summed E-state index contributed by atoms with van der Waals surface area (Å²) >= 11 is 1.21. The second kappa shape index (κ2) is 9.87. The number of hydrogen-bond donors (Lipinski definition) is 1. The van der Waals surface area contributed by atoms with Crippen LogP contribution in [0, 0.1) is 0 Å². The summed E-state index contributed by atoms with van der Waals surface area (Å²) < 4.78 is 13.2. The molecule has 1 aliphatic heterocycles. The Kier molecular flexibility index (Phi) is 6.45. The third kappa shape index (κ3) is 4.56. The van der Waals surface area contributed by atoms with Gasteiger partial charge in [0.2, 0.25) is 0 Å². The molecule has 0 amide bonds. The average Bonchev–Trinajstić information content (AvgIpc) is 3.48. The molecule has 1 N–H and O–H groups in total. The van der Waals surface area contributed by atoms with Crippen molar-refractivity contribution >= 4 is 29.4 Å². The number of benzene rings is 2. The van der Waals surface area contributed by atoms with E-state index in [1.165, 1.54) is 28.0 Å². The number of hydrogen-bond acceptors (Lipinski definition) is 7. The van der Waals surface area contributed by atoms with Gasteiger partial charge in [0.15, 0.2) is 4.80 Å². The fourth-order valence-corrected chi connectivity index (χ4v) is 5.26. The van der Waals surface area contributed by atoms with E-state index in [1.807, 2.05) is 30.3 Å². The first kappa shape index (κ1) is 24.2. The summed E-state index contributed by atoms with van der Waals surface area (Å²) in [6, 6.07) is 18.5. The van der Waals surface area contributed by atoms with Gasteiger partial charge in [0.25, 0.3) is 5.56 Å². The average molecular weight is 515 g/mol. The van der Waals surface area contributed by atoms with Gasteiger partial charge in [0.1, 0.15) is 11.5 Å². The number of rotatable bonds is 6. The number of thiazole rings is 1. The van der Waals surface area contributed by atoms with Crippen LogP contribution < -0.4 is 14.9 Å². The van der Waals surface area contributed by atoms with Crippen LogP contribution in [0.3, 0.4) is 0 Å². The van der Waals surface area contributed by atoms with Crippen molar-refractivity contribution in [1.29, 1.82) is 0 Å². The maximum absolute atomic E-state index is 13.6. The predicted octanol–water partition coefficient (Wildman–Crippen LogP) is 3.76. The molecule has 1 aliphatic rings. The first-order valence-corrected chi connectivity index (χ1v) is 12.4. The van der Waals surface area contributed by atoms with Gasteiger partial charge in [-0.2, -0.15) is 0 Å². The van der Waals surface area contributed by atoms with Gasteiger partial charge in [0.05, 0.1) is 34.0 Å². The number of carbonyl (C=O) groups is 2. The Labute approximate surface area is 215 Å². The van der Waals surface area contributed by atoms with Crippen LogP contribution in [0.2, 0.25) is 0 Å². The Balaban J connectivity index is 1.59. The van der Waals surface area contributed by atoms with E-state index < -0.39 is 18.0 Å². The molecule has 4 aromatic rings. The Morgan fingerprint density at radius 3 is 2.51 bits per heavy atom. The van der Waals surface area contributed by atoms with Crippen LogP contribution in [-0.2, 0) is 9.53 Å². The van der Waals surface area contributed by atoms with Gasteiger partial charge in [0, 0.05) is 11.6 Å². The number of carboxylic acid groups (broad SMARTS) is 1. The summed E-state index contributed by atoms with van der Waals surface area (Å²) in [5, 5.41) is 9.10. The van der Waals surface area contributed by atoms with Crippen LogP contribution in [0.5, 0.6) is 0 Å². The number of fused-ring (bicyclic) bond motifs is 1. The van der Waals surface area contributed by atoms with Crippen molar-refractivity contribution in [3.8, 4) is 11.3 Å². The first-order valence-electron chi connectivity index (χ1n) is 11.6. The highest BCUT2D eigenvalue weighted by Crippen LogP contribution is 2.30. The van der Waals surface area contributed by atoms with Crippen molar-refractivity contribution in [3.05, 3.63) is 115 Å². The fraction of sp³-hybridized carbons (Fsp3) is 0.143. The van der Waals surface area contributed by atoms with Crippen molar-refractivity contribution in [2.24, 2.45) is 4.99 Å². The lowest BCUT2D eigenvalue weighted by Gasteiger charge is -2.24. The quantitative estimate of drug-likeness (QED) is 0.392. The largest absolute Gasteiger partial charge is 0.478 e. The minimum atomic E-state index is -1.00. The topological polar surface area (TPSA) is 111 Å². The van der Waals surface area contributed by atoms with Crippen LogP contribution in [0.1, 0.15) is 41.6 Å². The smallest absolute Gasteiger partial charge is 0.338 e. The standard InChI is InChI=1S/C28H22N2O6S/c1-3-35-27(34)23-16(2)29-28-30(24(23)18-7-5-4-6-8-18)25(31)22(37-28)15-20-13-14-21(36-20)17-9-11-19(12-10-17)26(32)33/h4-15,24H,3H2,1-2H3,(H,32,33). The Hall–Kier alpha value is -4.50. The highest BCUT2D eigenvalue weighted by molar-refractivity contribution is 7.07. The molecule has 0 spiro atoms. The van der Waals surface area contributed by atoms with Crippen LogP contribution in [-0.4, -0.2) is 28.2 Å². The number of esters is 1. The fourth-order valence-electron chi connectivity index (χ4n) is 4.23. The Bertz CT molecular complexity index is 1710. The number of furan rings is 1. The molecule has 0 saturated carbocycles. The van der Waals surface area contributed by atoms with E-state index in [-0.39, 0.29) is 17.7 Å². The molecule has 1 unspecified atom stereocenters. The summed E-state index contributed by atoms with van der Waals surface area (Å²) in [6.45, 7) is 3.69. The second-order valence-corrected chi connectivity index (χ2v) is 9.31. The number of carbonyl (C=O) groups excluding carboxylic acids is 1. The maximum atomic E-state index is 13.6. The molecule has 9 heteroatoms. The van der Waals surface area contributed by atoms with Crippen LogP contribution in [0.25, 0.3) is 17.4 Å². The summed E-state index contributed by atoms with van der Waals surface area (Å²) in [5.74, 6) is -0.507. The van der Waals surface area contributed by atoms with E-state index in [9.17, 15) is 14.4 Å². The molecule has 3 heterocycles. The third-order valence-electron chi connectivity index (χ3n) is 5.95. The molecular formula is C28H22N2O6S. The van der Waals surface area contributed by atoms with Crippen LogP contribution in [0.15, 0.2) is 92.2 Å². The summed E-state index contributed by atoms with van der Waals surface area (Å²) in [6.07, 6.45) is 1.64. The van der Waals surface area contributed by atoms with E-state index in [4.69, 9.17) is 14.3 Å². The minimum Gasteiger partial charge on any atom is -0.478 e. The predicted molar refractivity (Wildman–Crippen MR) is 138 cm³/mol. The number of aromatic nitrogens is 1. The number of aromatic carboxylic acids is 1. The van der Waals surface area contributed by atoms with Crippen molar-refractivity contribution < 1.29 is 23.8 Å². The van der Waals surface area contributed by atoms with Gasteiger partial charge < -0.3 is 14.3 Å². The lowest BCUT2D eigenvalue weighted by Crippen LogP contribution is -2.39. The van der Waals surface area contributed by atoms with E-state index in [0.29, 0.717) is 37.7 Å². The van der Waals surface area contributed by atoms with Crippen molar-refractivity contribution in [2.75, 3.05) is 6.61 Å². The van der Waals surface area contributed by atoms with E-state index in [1.54, 1.807) is 44.2 Å². The van der Waals surface area contributed by atoms with Gasteiger partial charge in [-0.05, 0) is 43.7 Å². The highest BCUT2D eigenvalue weighted by Gasteiger charge is 2.33. The molecule has 37 heavy (non-hydrogen) atoms. The van der Waals surface area contributed by atoms with Gasteiger partial charge in [-0.3, -0.25) is 9.36 Å². The van der Waals surface area contributed by atoms with Crippen molar-refractivity contribution in [1.82, 2.24) is 4.57 Å². The highest BCUT2D eigenvalue weighted by atomic mass is 32.1. The Morgan fingerprint density at radius 2 is 1.84 bits per heavy atom. The SMILES string of the molecule is CCOC(=O)C1=C(C)N=c2sc(=Cc3ccc(-c4ccc(C(=O)O)cc4)o3)c(=O)n2C1c1ccccc1. The molecule has 0 bridgehead atoms. The van der Waals surface area contributed by atoms with Crippen molar-refractivity contribution in [2.45, 2.75) is 19.9 Å². The lowest BCUT2D eigenvalue weighted by atomic mass is 9.96. The zero-order valence-electron chi connectivity index (χ0n) is 20.0. The Morgan fingerprint density at radius 1 is 1.11 bits per heavy atom. The molecule has 8 nitrogen and oxygen atoms in total. The summed E-state index contributed by atoms with van der Waals surface area (Å²) in [4.78, 5) is 42.7. The van der Waals surface area contributed by atoms with E-state index >= 15 is 0 Å². The molecule has 0 aliphatic carbocycles. The van der Waals surface area contributed by atoms with Gasteiger partial charge >= 0.3 is 11.9 Å². The normalized spacial score (nSPS) is 15.3. The van der Waals surface area contributed by atoms with Gasteiger partial charge in [-0.25, -0.2) is 14.6 Å². The maximum Gasteiger partial charge on any atom is 0.338 e. The minimum absolute atomic E-state index is 0.182. The van der Waals surface area contributed by atoms with E-state index in [2.05, 4.69) is 4.99 Å². The summed E-state index contributed by atoms with van der Waals surface area (Å²) in [7, 11) is 0. The van der Waals surface area contributed by atoms with Crippen LogP contribution >= 0.6 is 11.3 Å². The van der Waals surface area contributed by atoms with Crippen LogP contribution in [0.4, 0.5) is 0 Å². The molecule has 2 aromatic heterocycles. The zero-order valence-corrected chi connectivity index (χ0v) is 20.8. The molecule has 186 valence electrons. The second-order valence-electron chi connectivity index (χ2n) is 8.30. The molecule has 0 saturated heterocycles. The molecular weight excluding hydrogens is 492 g/mol. The number of allylic oxidation sites excluding steroid dienone is 1. The number of ether oxygens (including phenoxy) is 1. The van der Waals surface area contributed by atoms with E-state index in [0.717, 1.165) is 5.56 Å². The first-order chi connectivity index (χ1) is 17.9. The molecule has 0 fully saturated rings. The van der Waals surface area contributed by atoms with Gasteiger partial charge in [-0.1, -0.05) is 53.8 Å². The third-order valence-corrected chi connectivity index (χ3v) is 6.93. The molecule has 2 aromatic carbocycles. The molecule has 1 atom stereocenters. The number of nitrogens with zero attached hydrogens (tertiary/aromatic N) is 2. The summed E-state index contributed by atoms with van der Waals surface area (Å²) in [5.41, 5.74) is 2.21. The zero-order chi connectivity index (χ0) is 26.1. The lowest BCUT2D eigenvalue weighted by molar-refractivity contribution is -0.139. The number of carboxylic acids is 1.